The van der Waals surface area contributed by atoms with Gasteiger partial charge in [0.15, 0.2) is 5.95 Å². The minimum absolute atomic E-state index is 0.313. The Hall–Kier alpha value is -2.00. The third-order valence-corrected chi connectivity index (χ3v) is 2.22. The number of fused-ring (bicyclic) bond motifs is 1. The normalized spacial score (nSPS) is 10.1. The zero-order valence-corrected chi connectivity index (χ0v) is 7.94. The molecule has 0 amide bonds. The molecule has 70 valence electrons. The van der Waals surface area contributed by atoms with Gasteiger partial charge in [0.25, 0.3) is 0 Å². The van der Waals surface area contributed by atoms with E-state index in [1.54, 1.807) is 0 Å². The number of rotatable bonds is 1. The van der Waals surface area contributed by atoms with Gasteiger partial charge in [0.2, 0.25) is 0 Å². The molecule has 1 N–H and O–H groups in total. The number of nitrogens with one attached hydrogen (secondary N) is 1. The smallest absolute Gasteiger partial charge is 0.195 e. The summed E-state index contributed by atoms with van der Waals surface area (Å²) in [6.07, 6.45) is 0. The maximum atomic E-state index is 8.25. The van der Waals surface area contributed by atoms with E-state index in [0.29, 0.717) is 5.95 Å². The number of imidazole rings is 1. The molecule has 2 aromatic rings. The monoisotopic (exact) mass is 187 g/mol. The number of nitrogens with zero attached hydrogens (tertiary/aromatic N) is 4. The predicted molar refractivity (Wildman–Crippen MR) is 54.4 cm³/mol. The van der Waals surface area contributed by atoms with Crippen LogP contribution in [-0.2, 0) is 0 Å². The van der Waals surface area contributed by atoms with E-state index in [9.17, 15) is 0 Å². The van der Waals surface area contributed by atoms with Crippen molar-refractivity contribution in [1.29, 1.82) is 0 Å². The van der Waals surface area contributed by atoms with Crippen molar-refractivity contribution in [3.05, 3.63) is 33.7 Å². The second-order valence-electron chi connectivity index (χ2n) is 3.20. The molecule has 0 unspecified atom stereocenters. The molecule has 0 bridgehead atoms. The molecule has 5 heteroatoms. The molecule has 0 fully saturated rings. The molecule has 1 heterocycles. The van der Waals surface area contributed by atoms with Gasteiger partial charge in [-0.25, -0.2) is 4.98 Å². The minimum Gasteiger partial charge on any atom is -0.337 e. The first-order chi connectivity index (χ1) is 6.70. The molecule has 0 aliphatic heterocycles. The minimum atomic E-state index is 0.313. The van der Waals surface area contributed by atoms with Crippen LogP contribution in [0.2, 0.25) is 0 Å². The van der Waals surface area contributed by atoms with Gasteiger partial charge in [-0.3, -0.25) is 0 Å². The highest BCUT2D eigenvalue weighted by atomic mass is 15.2. The van der Waals surface area contributed by atoms with Crippen LogP contribution in [0, 0.1) is 13.8 Å². The van der Waals surface area contributed by atoms with E-state index in [2.05, 4.69) is 20.0 Å². The summed E-state index contributed by atoms with van der Waals surface area (Å²) in [6.45, 7) is 4.06. The number of benzene rings is 1. The van der Waals surface area contributed by atoms with Crippen LogP contribution < -0.4 is 0 Å². The molecule has 0 saturated heterocycles. The molecule has 0 aliphatic carbocycles. The highest BCUT2D eigenvalue weighted by Crippen LogP contribution is 2.20. The zero-order valence-electron chi connectivity index (χ0n) is 7.94. The van der Waals surface area contributed by atoms with E-state index in [4.69, 9.17) is 5.53 Å². The summed E-state index contributed by atoms with van der Waals surface area (Å²) in [4.78, 5) is 9.74. The molecule has 0 atom stereocenters. The fourth-order valence-corrected chi connectivity index (χ4v) is 1.35. The number of azide groups is 1. The molecular formula is C9H9N5. The predicted octanol–water partition coefficient (Wildman–Crippen LogP) is 3.12. The lowest BCUT2D eigenvalue weighted by atomic mass is 10.1. The average Bonchev–Trinajstić information content (AvgIpc) is 2.48. The summed E-state index contributed by atoms with van der Waals surface area (Å²) in [5.74, 6) is 0.313. The summed E-state index contributed by atoms with van der Waals surface area (Å²) in [7, 11) is 0. The fourth-order valence-electron chi connectivity index (χ4n) is 1.35. The first-order valence-corrected chi connectivity index (χ1v) is 4.23. The summed E-state index contributed by atoms with van der Waals surface area (Å²) >= 11 is 0. The first-order valence-electron chi connectivity index (χ1n) is 4.23. The Kier molecular flexibility index (Phi) is 1.87. The maximum absolute atomic E-state index is 8.25. The maximum Gasteiger partial charge on any atom is 0.195 e. The van der Waals surface area contributed by atoms with Crippen molar-refractivity contribution in [2.45, 2.75) is 13.8 Å². The second-order valence-corrected chi connectivity index (χ2v) is 3.20. The van der Waals surface area contributed by atoms with Gasteiger partial charge >= 0.3 is 0 Å². The number of aromatic nitrogens is 2. The standard InChI is InChI=1S/C9H9N5/c1-5-3-7-8(4-6(5)2)12-9(11-7)13-14-10/h3-4H,1-2H3,(H,11,12). The van der Waals surface area contributed by atoms with Crippen molar-refractivity contribution in [3.63, 3.8) is 0 Å². The van der Waals surface area contributed by atoms with Crippen molar-refractivity contribution < 1.29 is 0 Å². The molecule has 0 aliphatic rings. The Morgan fingerprint density at radius 1 is 1.36 bits per heavy atom. The van der Waals surface area contributed by atoms with Crippen molar-refractivity contribution >= 4 is 17.0 Å². The van der Waals surface area contributed by atoms with Gasteiger partial charge in [0, 0.05) is 4.91 Å². The van der Waals surface area contributed by atoms with Crippen LogP contribution in [0.25, 0.3) is 21.5 Å². The van der Waals surface area contributed by atoms with E-state index >= 15 is 0 Å². The molecule has 0 spiro atoms. The Labute approximate surface area is 80.4 Å². The molecule has 0 radical (unpaired) electrons. The Bertz CT molecular complexity index is 494. The Morgan fingerprint density at radius 3 is 2.79 bits per heavy atom. The van der Waals surface area contributed by atoms with Crippen LogP contribution in [0.4, 0.5) is 5.95 Å². The van der Waals surface area contributed by atoms with Crippen molar-refractivity contribution in [3.8, 4) is 0 Å². The number of hydrogen-bond donors (Lipinski definition) is 1. The number of aromatic amines is 1. The van der Waals surface area contributed by atoms with E-state index in [1.165, 1.54) is 11.1 Å². The van der Waals surface area contributed by atoms with E-state index < -0.39 is 0 Å². The van der Waals surface area contributed by atoms with E-state index in [0.717, 1.165) is 11.0 Å². The largest absolute Gasteiger partial charge is 0.337 e. The van der Waals surface area contributed by atoms with Crippen molar-refractivity contribution in [2.24, 2.45) is 5.11 Å². The quantitative estimate of drug-likeness (QED) is 0.415. The fraction of sp³-hybridized carbons (Fsp3) is 0.222. The number of aryl methyl sites for hydroxylation is 2. The van der Waals surface area contributed by atoms with Crippen LogP contribution >= 0.6 is 0 Å². The Morgan fingerprint density at radius 2 is 2.07 bits per heavy atom. The van der Waals surface area contributed by atoms with Crippen LogP contribution in [0.1, 0.15) is 11.1 Å². The number of hydrogen-bond acceptors (Lipinski definition) is 2. The lowest BCUT2D eigenvalue weighted by Gasteiger charge is -1.97. The molecule has 0 saturated carbocycles. The molecule has 1 aromatic carbocycles. The second kappa shape index (κ2) is 3.05. The van der Waals surface area contributed by atoms with Gasteiger partial charge in [-0.2, -0.15) is 0 Å². The van der Waals surface area contributed by atoms with Crippen molar-refractivity contribution in [1.82, 2.24) is 9.97 Å². The lowest BCUT2D eigenvalue weighted by Crippen LogP contribution is -1.79. The van der Waals surface area contributed by atoms with Crippen LogP contribution in [0.15, 0.2) is 17.2 Å². The topological polar surface area (TPSA) is 77.4 Å². The van der Waals surface area contributed by atoms with Crippen LogP contribution in [-0.4, -0.2) is 9.97 Å². The molecular weight excluding hydrogens is 178 g/mol. The zero-order chi connectivity index (χ0) is 10.1. The number of H-pyrrole nitrogens is 1. The third-order valence-electron chi connectivity index (χ3n) is 2.22. The van der Waals surface area contributed by atoms with E-state index in [-0.39, 0.29) is 0 Å². The summed E-state index contributed by atoms with van der Waals surface area (Å²) < 4.78 is 0. The molecule has 1 aromatic heterocycles. The van der Waals surface area contributed by atoms with Gasteiger partial charge in [-0.15, -0.1) is 0 Å². The van der Waals surface area contributed by atoms with Gasteiger partial charge in [0.05, 0.1) is 11.0 Å². The summed E-state index contributed by atoms with van der Waals surface area (Å²) in [5, 5.41) is 3.42. The van der Waals surface area contributed by atoms with Gasteiger partial charge in [0.1, 0.15) is 0 Å². The average molecular weight is 187 g/mol. The third kappa shape index (κ3) is 1.30. The van der Waals surface area contributed by atoms with E-state index in [1.807, 2.05) is 26.0 Å². The highest BCUT2D eigenvalue weighted by Gasteiger charge is 2.02. The molecule has 5 nitrogen and oxygen atoms in total. The van der Waals surface area contributed by atoms with Crippen molar-refractivity contribution in [2.75, 3.05) is 0 Å². The van der Waals surface area contributed by atoms with Gasteiger partial charge < -0.3 is 4.98 Å². The first kappa shape index (κ1) is 8.59. The summed E-state index contributed by atoms with van der Waals surface area (Å²) in [5.41, 5.74) is 12.3. The summed E-state index contributed by atoms with van der Waals surface area (Å²) in [6, 6.07) is 3.96. The van der Waals surface area contributed by atoms with Crippen LogP contribution in [0.3, 0.4) is 0 Å². The SMILES string of the molecule is Cc1cc2nc(N=[N+]=[N-])[nH]c2cc1C. The Balaban J connectivity index is 2.71. The molecule has 14 heavy (non-hydrogen) atoms. The van der Waals surface area contributed by atoms with Gasteiger partial charge in [-0.05, 0) is 47.8 Å². The lowest BCUT2D eigenvalue weighted by molar-refractivity contribution is 1.25. The van der Waals surface area contributed by atoms with Crippen LogP contribution in [0.5, 0.6) is 0 Å². The molecule has 2 rings (SSSR count). The highest BCUT2D eigenvalue weighted by molar-refractivity contribution is 5.78. The van der Waals surface area contributed by atoms with Gasteiger partial charge in [-0.1, -0.05) is 0 Å².